The van der Waals surface area contributed by atoms with E-state index in [0.717, 1.165) is 12.8 Å². The van der Waals surface area contributed by atoms with Crippen LogP contribution in [-0.4, -0.2) is 18.6 Å². The molecule has 1 aromatic carbocycles. The van der Waals surface area contributed by atoms with Crippen LogP contribution in [0.25, 0.3) is 0 Å². The van der Waals surface area contributed by atoms with Crippen molar-refractivity contribution in [3.63, 3.8) is 0 Å². The Bertz CT molecular complexity index is 476. The van der Waals surface area contributed by atoms with Crippen LogP contribution in [0.3, 0.4) is 0 Å². The number of halogens is 1. The van der Waals surface area contributed by atoms with Crippen molar-refractivity contribution in [3.05, 3.63) is 28.8 Å². The van der Waals surface area contributed by atoms with E-state index in [0.29, 0.717) is 22.9 Å². The van der Waals surface area contributed by atoms with Crippen LogP contribution in [0, 0.1) is 11.3 Å². The highest BCUT2D eigenvalue weighted by Crippen LogP contribution is 2.21. The zero-order valence-electron chi connectivity index (χ0n) is 9.07. The molecule has 2 rings (SSSR count). The van der Waals surface area contributed by atoms with Crippen LogP contribution in [0.4, 0.5) is 5.69 Å². The number of rotatable bonds is 2. The minimum atomic E-state index is -0.405. The van der Waals surface area contributed by atoms with Gasteiger partial charge in [-0.25, -0.2) is 0 Å². The maximum atomic E-state index is 11.8. The van der Waals surface area contributed by atoms with Gasteiger partial charge in [-0.05, 0) is 31.0 Å². The van der Waals surface area contributed by atoms with Gasteiger partial charge in [0.05, 0.1) is 11.3 Å². The first-order valence-corrected chi connectivity index (χ1v) is 5.70. The Labute approximate surface area is 104 Å². The van der Waals surface area contributed by atoms with Crippen LogP contribution in [-0.2, 0) is 9.53 Å². The van der Waals surface area contributed by atoms with Crippen LogP contribution in [0.2, 0.25) is 5.02 Å². The lowest BCUT2D eigenvalue weighted by molar-refractivity contribution is -0.124. The van der Waals surface area contributed by atoms with Crippen LogP contribution >= 0.6 is 11.6 Å². The lowest BCUT2D eigenvalue weighted by atomic mass is 10.1. The lowest BCUT2D eigenvalue weighted by Gasteiger charge is -2.11. The molecule has 0 saturated carbocycles. The van der Waals surface area contributed by atoms with Crippen molar-refractivity contribution in [2.75, 3.05) is 11.9 Å². The molecule has 1 saturated heterocycles. The monoisotopic (exact) mass is 250 g/mol. The van der Waals surface area contributed by atoms with Crippen LogP contribution < -0.4 is 5.32 Å². The van der Waals surface area contributed by atoms with Crippen LogP contribution in [0.5, 0.6) is 0 Å². The molecule has 4 nitrogen and oxygen atoms in total. The average Bonchev–Trinajstić information content (AvgIpc) is 2.85. The number of hydrogen-bond donors (Lipinski definition) is 1. The van der Waals surface area contributed by atoms with Crippen molar-refractivity contribution in [2.45, 2.75) is 18.9 Å². The van der Waals surface area contributed by atoms with Gasteiger partial charge in [-0.2, -0.15) is 5.26 Å². The number of anilines is 1. The molecule has 0 aromatic heterocycles. The molecule has 1 atom stereocenters. The van der Waals surface area contributed by atoms with E-state index >= 15 is 0 Å². The fourth-order valence-electron chi connectivity index (χ4n) is 1.72. The van der Waals surface area contributed by atoms with Crippen molar-refractivity contribution in [1.82, 2.24) is 0 Å². The highest BCUT2D eigenvalue weighted by atomic mass is 35.5. The summed E-state index contributed by atoms with van der Waals surface area (Å²) in [5.74, 6) is -0.207. The molecular formula is C12H11ClN2O2. The molecule has 0 spiro atoms. The third kappa shape index (κ3) is 2.76. The Hall–Kier alpha value is -1.57. The fourth-order valence-corrected chi connectivity index (χ4v) is 1.89. The smallest absolute Gasteiger partial charge is 0.253 e. The molecule has 1 aliphatic heterocycles. The van der Waals surface area contributed by atoms with Gasteiger partial charge in [-0.3, -0.25) is 4.79 Å². The topological polar surface area (TPSA) is 62.1 Å². The summed E-state index contributed by atoms with van der Waals surface area (Å²) in [6.07, 6.45) is 1.21. The number of amides is 1. The van der Waals surface area contributed by atoms with Crippen molar-refractivity contribution in [1.29, 1.82) is 5.26 Å². The van der Waals surface area contributed by atoms with Gasteiger partial charge in [0, 0.05) is 11.6 Å². The Morgan fingerprint density at radius 3 is 3.06 bits per heavy atom. The Morgan fingerprint density at radius 2 is 2.41 bits per heavy atom. The van der Waals surface area contributed by atoms with Crippen LogP contribution in [0.1, 0.15) is 18.4 Å². The van der Waals surface area contributed by atoms with Gasteiger partial charge < -0.3 is 10.1 Å². The SMILES string of the molecule is N#Cc1cc(Cl)ccc1NC(=O)[C@H]1CCCO1. The van der Waals surface area contributed by atoms with E-state index in [1.54, 1.807) is 12.1 Å². The molecule has 1 N–H and O–H groups in total. The average molecular weight is 251 g/mol. The first-order chi connectivity index (χ1) is 8.20. The second-order valence-corrected chi connectivity index (χ2v) is 4.23. The molecule has 0 aliphatic carbocycles. The molecule has 0 radical (unpaired) electrons. The second-order valence-electron chi connectivity index (χ2n) is 3.79. The summed E-state index contributed by atoms with van der Waals surface area (Å²) in [5, 5.41) is 12.1. The predicted octanol–water partition coefficient (Wildman–Crippen LogP) is 2.33. The highest BCUT2D eigenvalue weighted by molar-refractivity contribution is 6.30. The molecule has 1 aliphatic rings. The van der Waals surface area contributed by atoms with E-state index in [1.165, 1.54) is 6.07 Å². The zero-order chi connectivity index (χ0) is 12.3. The summed E-state index contributed by atoms with van der Waals surface area (Å²) in [5.41, 5.74) is 0.821. The number of nitrogens with zero attached hydrogens (tertiary/aromatic N) is 1. The van der Waals surface area contributed by atoms with E-state index in [2.05, 4.69) is 5.32 Å². The number of nitriles is 1. The molecule has 1 heterocycles. The number of benzene rings is 1. The van der Waals surface area contributed by atoms with Gasteiger partial charge in [0.25, 0.3) is 5.91 Å². The van der Waals surface area contributed by atoms with Gasteiger partial charge in [0.1, 0.15) is 12.2 Å². The molecule has 0 unspecified atom stereocenters. The number of nitrogens with one attached hydrogen (secondary N) is 1. The Morgan fingerprint density at radius 1 is 1.59 bits per heavy atom. The van der Waals surface area contributed by atoms with Gasteiger partial charge in [0.2, 0.25) is 0 Å². The Kier molecular flexibility index (Phi) is 3.62. The normalized spacial score (nSPS) is 18.7. The summed E-state index contributed by atoms with van der Waals surface area (Å²) in [4.78, 5) is 11.8. The first-order valence-electron chi connectivity index (χ1n) is 5.33. The zero-order valence-corrected chi connectivity index (χ0v) is 9.83. The summed E-state index contributed by atoms with van der Waals surface area (Å²) in [6, 6.07) is 6.76. The summed E-state index contributed by atoms with van der Waals surface area (Å²) < 4.78 is 5.26. The number of ether oxygens (including phenoxy) is 1. The van der Waals surface area contributed by atoms with Crippen molar-refractivity contribution < 1.29 is 9.53 Å². The lowest BCUT2D eigenvalue weighted by Crippen LogP contribution is -2.27. The minimum absolute atomic E-state index is 0.207. The number of carbonyl (C=O) groups is 1. The van der Waals surface area contributed by atoms with Gasteiger partial charge in [-0.15, -0.1) is 0 Å². The van der Waals surface area contributed by atoms with Gasteiger partial charge in [0.15, 0.2) is 0 Å². The number of hydrogen-bond acceptors (Lipinski definition) is 3. The largest absolute Gasteiger partial charge is 0.368 e. The van der Waals surface area contributed by atoms with E-state index in [-0.39, 0.29) is 5.91 Å². The molecule has 1 fully saturated rings. The molecule has 88 valence electrons. The molecule has 1 aromatic rings. The maximum Gasteiger partial charge on any atom is 0.253 e. The molecule has 0 bridgehead atoms. The summed E-state index contributed by atoms with van der Waals surface area (Å²) >= 11 is 5.77. The quantitative estimate of drug-likeness (QED) is 0.876. The number of carbonyl (C=O) groups excluding carboxylic acids is 1. The third-order valence-corrected chi connectivity index (χ3v) is 2.82. The van der Waals surface area contributed by atoms with Gasteiger partial charge >= 0.3 is 0 Å². The van der Waals surface area contributed by atoms with Crippen molar-refractivity contribution in [3.8, 4) is 6.07 Å². The second kappa shape index (κ2) is 5.17. The first kappa shape index (κ1) is 11.9. The molecular weight excluding hydrogens is 240 g/mol. The van der Waals surface area contributed by atoms with E-state index in [1.807, 2.05) is 6.07 Å². The van der Waals surface area contributed by atoms with Crippen LogP contribution in [0.15, 0.2) is 18.2 Å². The molecule has 1 amide bonds. The fraction of sp³-hybridized carbons (Fsp3) is 0.333. The summed E-state index contributed by atoms with van der Waals surface area (Å²) in [6.45, 7) is 0.615. The van der Waals surface area contributed by atoms with E-state index < -0.39 is 6.10 Å². The third-order valence-electron chi connectivity index (χ3n) is 2.58. The molecule has 17 heavy (non-hydrogen) atoms. The van der Waals surface area contributed by atoms with E-state index in [9.17, 15) is 4.79 Å². The molecule has 5 heteroatoms. The van der Waals surface area contributed by atoms with Crippen molar-refractivity contribution >= 4 is 23.2 Å². The van der Waals surface area contributed by atoms with E-state index in [4.69, 9.17) is 21.6 Å². The standard InChI is InChI=1S/C12H11ClN2O2/c13-9-3-4-10(8(6-9)7-14)15-12(16)11-2-1-5-17-11/h3-4,6,11H,1-2,5H2,(H,15,16)/t11-/m1/s1. The van der Waals surface area contributed by atoms with Gasteiger partial charge in [-0.1, -0.05) is 11.6 Å². The predicted molar refractivity (Wildman–Crippen MR) is 63.8 cm³/mol. The minimum Gasteiger partial charge on any atom is -0.368 e. The summed E-state index contributed by atoms with van der Waals surface area (Å²) in [7, 11) is 0. The highest BCUT2D eigenvalue weighted by Gasteiger charge is 2.24. The Balaban J connectivity index is 2.13. The maximum absolute atomic E-state index is 11.8. The van der Waals surface area contributed by atoms with Crippen molar-refractivity contribution in [2.24, 2.45) is 0 Å².